The fraction of sp³-hybridized carbons (Fsp3) is 0.333. The van der Waals surface area contributed by atoms with Crippen LogP contribution in [0.15, 0.2) is 97.1 Å². The van der Waals surface area contributed by atoms with Gasteiger partial charge in [-0.2, -0.15) is 0 Å². The highest BCUT2D eigenvalue weighted by atomic mass is 16.5. The predicted octanol–water partition coefficient (Wildman–Crippen LogP) is 10.7. The van der Waals surface area contributed by atoms with Crippen molar-refractivity contribution in [3.05, 3.63) is 97.1 Å². The van der Waals surface area contributed by atoms with Crippen LogP contribution in [0.4, 0.5) is 0 Å². The van der Waals surface area contributed by atoms with Gasteiger partial charge in [-0.3, -0.25) is 0 Å². The van der Waals surface area contributed by atoms with Crippen molar-refractivity contribution in [3.8, 4) is 45.5 Å². The van der Waals surface area contributed by atoms with Crippen LogP contribution in [0.1, 0.15) is 64.2 Å². The monoisotopic (exact) mass is 640 g/mol. The second-order valence-corrected chi connectivity index (χ2v) is 12.5. The molecule has 0 fully saturated rings. The highest BCUT2D eigenvalue weighted by Crippen LogP contribution is 2.41. The van der Waals surface area contributed by atoms with Gasteiger partial charge in [0.05, 0.1) is 60.0 Å². The third-order valence-corrected chi connectivity index (χ3v) is 8.95. The van der Waals surface area contributed by atoms with Crippen LogP contribution in [-0.4, -0.2) is 36.4 Å². The van der Waals surface area contributed by atoms with E-state index in [2.05, 4.69) is 60.7 Å². The molecule has 0 amide bonds. The molecule has 0 spiro atoms. The minimum atomic E-state index is 0.574. The molecule has 0 saturated carbocycles. The Labute approximate surface area is 283 Å². The van der Waals surface area contributed by atoms with Crippen molar-refractivity contribution in [1.29, 1.82) is 0 Å². The zero-order chi connectivity index (χ0) is 32.4. The standard InChI is InChI=1S/C42H44N2O4/c1-2-4-8-12-28-46-36-18-16-20-38-40(36)34-26-24-32-22-21-31-23-25-33(43-41(31)42(32)44-34)39-35(45-27-11-7-3-1)17-15-19-37(39)47-29-13-9-5-6-10-14-30-48-38/h1-2,5,9,15-26H,3-4,6-8,10-14,27-30H2/b2-1-,9-5-. The molecule has 4 heterocycles. The van der Waals surface area contributed by atoms with Crippen LogP contribution in [0, 0.1) is 0 Å². The summed E-state index contributed by atoms with van der Waals surface area (Å²) in [6.07, 6.45) is 19.1. The second kappa shape index (κ2) is 15.8. The topological polar surface area (TPSA) is 62.7 Å². The minimum absolute atomic E-state index is 0.574. The van der Waals surface area contributed by atoms with E-state index < -0.39 is 0 Å². The number of hydrogen-bond acceptors (Lipinski definition) is 6. The van der Waals surface area contributed by atoms with Gasteiger partial charge < -0.3 is 18.9 Å². The molecule has 48 heavy (non-hydrogen) atoms. The highest BCUT2D eigenvalue weighted by Gasteiger charge is 2.19. The maximum Gasteiger partial charge on any atom is 0.132 e. The van der Waals surface area contributed by atoms with Crippen molar-refractivity contribution >= 4 is 21.8 Å². The molecule has 2 aliphatic heterocycles. The van der Waals surface area contributed by atoms with Crippen LogP contribution in [0.2, 0.25) is 0 Å². The third-order valence-electron chi connectivity index (χ3n) is 8.95. The first-order chi connectivity index (χ1) is 23.8. The zero-order valence-corrected chi connectivity index (χ0v) is 27.7. The Balaban J connectivity index is 1.41. The number of pyridine rings is 2. The number of aromatic nitrogens is 2. The molecular formula is C42H44N2O4. The lowest BCUT2D eigenvalue weighted by molar-refractivity contribution is 0.294. The summed E-state index contributed by atoms with van der Waals surface area (Å²) in [5, 5.41) is 2.04. The molecule has 0 radical (unpaired) electrons. The van der Waals surface area contributed by atoms with Gasteiger partial charge in [-0.05, 0) is 101 Å². The highest BCUT2D eigenvalue weighted by molar-refractivity contribution is 6.04. The lowest BCUT2D eigenvalue weighted by Crippen LogP contribution is -2.04. The van der Waals surface area contributed by atoms with Gasteiger partial charge in [0, 0.05) is 10.8 Å². The van der Waals surface area contributed by atoms with Crippen molar-refractivity contribution in [3.63, 3.8) is 0 Å². The lowest BCUT2D eigenvalue weighted by Gasteiger charge is -2.18. The second-order valence-electron chi connectivity index (χ2n) is 12.5. The number of benzene rings is 3. The molecule has 0 unspecified atom stereocenters. The largest absolute Gasteiger partial charge is 0.493 e. The van der Waals surface area contributed by atoms with Crippen molar-refractivity contribution in [2.75, 3.05) is 26.4 Å². The van der Waals surface area contributed by atoms with E-state index in [1.807, 2.05) is 36.4 Å². The van der Waals surface area contributed by atoms with Crippen molar-refractivity contribution in [2.24, 2.45) is 0 Å². The first kappa shape index (κ1) is 31.7. The Morgan fingerprint density at radius 1 is 0.375 bits per heavy atom. The fourth-order valence-electron chi connectivity index (χ4n) is 6.40. The molecule has 5 aromatic rings. The van der Waals surface area contributed by atoms with Gasteiger partial charge in [-0.15, -0.1) is 0 Å². The van der Waals surface area contributed by atoms with Crippen molar-refractivity contribution in [1.82, 2.24) is 9.97 Å². The van der Waals surface area contributed by atoms with Gasteiger partial charge in [0.2, 0.25) is 0 Å². The summed E-state index contributed by atoms with van der Waals surface area (Å²) in [5.74, 6) is 3.16. The third kappa shape index (κ3) is 7.49. The number of nitrogens with zero attached hydrogens (tertiary/aromatic N) is 2. The van der Waals surface area contributed by atoms with Crippen LogP contribution in [0.3, 0.4) is 0 Å². The summed E-state index contributed by atoms with van der Waals surface area (Å²) in [4.78, 5) is 10.6. The predicted molar refractivity (Wildman–Crippen MR) is 194 cm³/mol. The Morgan fingerprint density at radius 2 is 0.750 bits per heavy atom. The first-order valence-corrected chi connectivity index (χ1v) is 17.6. The molecule has 2 aliphatic rings. The van der Waals surface area contributed by atoms with Crippen LogP contribution < -0.4 is 18.9 Å². The summed E-state index contributed by atoms with van der Waals surface area (Å²) >= 11 is 0. The van der Waals surface area contributed by atoms with E-state index in [1.54, 1.807) is 0 Å². The maximum absolute atomic E-state index is 6.47. The van der Waals surface area contributed by atoms with Gasteiger partial charge in [0.1, 0.15) is 23.0 Å². The Hall–Kier alpha value is -4.84. The van der Waals surface area contributed by atoms with E-state index >= 15 is 0 Å². The van der Waals surface area contributed by atoms with Crippen LogP contribution in [-0.2, 0) is 0 Å². The van der Waals surface area contributed by atoms with E-state index in [0.717, 1.165) is 132 Å². The molecule has 0 N–H and O–H groups in total. The van der Waals surface area contributed by atoms with Gasteiger partial charge in [0.25, 0.3) is 0 Å². The molecule has 246 valence electrons. The number of allylic oxidation sites excluding steroid dienone is 3. The van der Waals surface area contributed by atoms with E-state index in [4.69, 9.17) is 28.9 Å². The molecule has 6 heteroatoms. The van der Waals surface area contributed by atoms with Gasteiger partial charge in [-0.25, -0.2) is 9.97 Å². The first-order valence-electron chi connectivity index (χ1n) is 17.6. The maximum atomic E-state index is 6.47. The molecule has 3 aromatic carbocycles. The number of ether oxygens (including phenoxy) is 4. The minimum Gasteiger partial charge on any atom is -0.493 e. The molecule has 0 atom stereocenters. The quantitative estimate of drug-likeness (QED) is 0.124. The smallest absolute Gasteiger partial charge is 0.132 e. The van der Waals surface area contributed by atoms with E-state index in [9.17, 15) is 0 Å². The Bertz CT molecular complexity index is 1910. The Morgan fingerprint density at radius 3 is 1.19 bits per heavy atom. The van der Waals surface area contributed by atoms with Gasteiger partial charge in [0.15, 0.2) is 0 Å². The van der Waals surface area contributed by atoms with Crippen LogP contribution >= 0.6 is 0 Å². The van der Waals surface area contributed by atoms with E-state index in [-0.39, 0.29) is 0 Å². The lowest BCUT2D eigenvalue weighted by atomic mass is 10.0. The summed E-state index contributed by atoms with van der Waals surface area (Å²) in [6, 6.07) is 24.8. The average Bonchev–Trinajstić information content (AvgIpc) is 3.11. The zero-order valence-electron chi connectivity index (χ0n) is 27.7. The summed E-state index contributed by atoms with van der Waals surface area (Å²) in [7, 11) is 0. The van der Waals surface area contributed by atoms with Gasteiger partial charge in [-0.1, -0.05) is 60.7 Å². The molecule has 7 rings (SSSR count). The van der Waals surface area contributed by atoms with Crippen molar-refractivity contribution < 1.29 is 18.9 Å². The summed E-state index contributed by atoms with van der Waals surface area (Å²) in [5.41, 5.74) is 5.04. The molecule has 0 aliphatic carbocycles. The SMILES string of the molecule is C1=C\CCCCOc2cccc3c2-c2ccc4ccc5ccc(nc5c4n2)-c2c(cccc2OCCCC/1)OCC/C=C\CCCCO3. The van der Waals surface area contributed by atoms with Crippen molar-refractivity contribution in [2.45, 2.75) is 64.2 Å². The average molecular weight is 641 g/mol. The fourth-order valence-corrected chi connectivity index (χ4v) is 6.40. The molecular weight excluding hydrogens is 596 g/mol. The molecule has 6 bridgehead atoms. The summed E-state index contributed by atoms with van der Waals surface area (Å²) < 4.78 is 25.8. The summed E-state index contributed by atoms with van der Waals surface area (Å²) in [6.45, 7) is 2.47. The van der Waals surface area contributed by atoms with Crippen LogP contribution in [0.5, 0.6) is 23.0 Å². The molecule has 6 nitrogen and oxygen atoms in total. The molecule has 0 saturated heterocycles. The van der Waals surface area contributed by atoms with Crippen LogP contribution in [0.25, 0.3) is 44.3 Å². The number of hydrogen-bond donors (Lipinski definition) is 0. The number of rotatable bonds is 0. The molecule has 2 aromatic heterocycles. The van der Waals surface area contributed by atoms with E-state index in [0.29, 0.717) is 26.4 Å². The van der Waals surface area contributed by atoms with E-state index in [1.165, 1.54) is 0 Å². The van der Waals surface area contributed by atoms with Gasteiger partial charge >= 0.3 is 0 Å². The normalized spacial score (nSPS) is 17.8. The Kier molecular flexibility index (Phi) is 10.5.